The van der Waals surface area contributed by atoms with E-state index in [1.807, 2.05) is 6.07 Å². The number of amides is 1. The summed E-state index contributed by atoms with van der Waals surface area (Å²) in [7, 11) is 0. The van der Waals surface area contributed by atoms with Crippen molar-refractivity contribution >= 4 is 34.0 Å². The fourth-order valence-electron chi connectivity index (χ4n) is 2.19. The number of esters is 1. The van der Waals surface area contributed by atoms with Crippen molar-refractivity contribution in [1.29, 1.82) is 0 Å². The van der Waals surface area contributed by atoms with Crippen LogP contribution in [0.1, 0.15) is 26.3 Å². The number of hydrogen-bond acceptors (Lipinski definition) is 4. The Labute approximate surface area is 164 Å². The zero-order chi connectivity index (χ0) is 19.1. The lowest BCUT2D eigenvalue weighted by Crippen LogP contribution is -2.17. The number of hydrogen-bond donors (Lipinski definition) is 1. The Hall–Kier alpha value is -3.25. The Bertz CT molecular complexity index is 953. The first-order valence-electron chi connectivity index (χ1n) is 8.08. The molecule has 0 bridgehead atoms. The van der Waals surface area contributed by atoms with Gasteiger partial charge in [-0.1, -0.05) is 34.1 Å². The lowest BCUT2D eigenvalue weighted by molar-refractivity contribution is 0.0734. The molecule has 0 unspecified atom stereocenters. The number of carbonyl (C=O) groups excluding carboxylic acids is 2. The molecule has 0 aliphatic heterocycles. The van der Waals surface area contributed by atoms with Crippen LogP contribution in [0.4, 0.5) is 0 Å². The van der Waals surface area contributed by atoms with Gasteiger partial charge in [0.25, 0.3) is 5.91 Å². The van der Waals surface area contributed by atoms with Crippen molar-refractivity contribution in [3.8, 4) is 5.75 Å². The maximum Gasteiger partial charge on any atom is 0.343 e. The van der Waals surface area contributed by atoms with E-state index in [0.29, 0.717) is 16.9 Å². The molecule has 0 saturated heterocycles. The molecule has 0 spiro atoms. The molecule has 1 amide bonds. The fraction of sp³-hybridized carbons (Fsp3) is 0. The second-order valence-corrected chi connectivity index (χ2v) is 6.45. The van der Waals surface area contributed by atoms with Gasteiger partial charge in [-0.05, 0) is 66.2 Å². The number of benzene rings is 3. The number of carbonyl (C=O) groups is 2. The van der Waals surface area contributed by atoms with E-state index in [9.17, 15) is 9.59 Å². The average molecular weight is 423 g/mol. The first-order valence-corrected chi connectivity index (χ1v) is 8.87. The summed E-state index contributed by atoms with van der Waals surface area (Å²) in [5.74, 6) is -0.292. The van der Waals surface area contributed by atoms with Gasteiger partial charge in [0.1, 0.15) is 5.75 Å². The van der Waals surface area contributed by atoms with Gasteiger partial charge >= 0.3 is 5.97 Å². The van der Waals surface area contributed by atoms with Crippen molar-refractivity contribution in [3.63, 3.8) is 0 Å². The molecule has 5 nitrogen and oxygen atoms in total. The highest BCUT2D eigenvalue weighted by Crippen LogP contribution is 2.15. The normalized spacial score (nSPS) is 10.6. The Morgan fingerprint density at radius 1 is 0.852 bits per heavy atom. The Balaban J connectivity index is 1.56. The quantitative estimate of drug-likeness (QED) is 0.286. The average Bonchev–Trinajstić information content (AvgIpc) is 2.70. The number of ether oxygens (including phenoxy) is 1. The maximum atomic E-state index is 12.1. The lowest BCUT2D eigenvalue weighted by atomic mass is 10.2. The van der Waals surface area contributed by atoms with Gasteiger partial charge in [0.15, 0.2) is 0 Å². The highest BCUT2D eigenvalue weighted by molar-refractivity contribution is 9.10. The van der Waals surface area contributed by atoms with Gasteiger partial charge < -0.3 is 4.74 Å². The predicted molar refractivity (Wildman–Crippen MR) is 107 cm³/mol. The molecule has 0 heterocycles. The van der Waals surface area contributed by atoms with Crippen molar-refractivity contribution < 1.29 is 14.3 Å². The molecule has 0 aromatic heterocycles. The van der Waals surface area contributed by atoms with Gasteiger partial charge in [-0.2, -0.15) is 5.10 Å². The zero-order valence-electron chi connectivity index (χ0n) is 14.1. The van der Waals surface area contributed by atoms with E-state index in [1.54, 1.807) is 72.8 Å². The van der Waals surface area contributed by atoms with Crippen molar-refractivity contribution in [1.82, 2.24) is 5.43 Å². The highest BCUT2D eigenvalue weighted by atomic mass is 79.9. The second-order valence-electron chi connectivity index (χ2n) is 5.53. The van der Waals surface area contributed by atoms with Crippen molar-refractivity contribution in [2.24, 2.45) is 5.10 Å². The van der Waals surface area contributed by atoms with E-state index in [4.69, 9.17) is 4.74 Å². The zero-order valence-corrected chi connectivity index (χ0v) is 15.7. The van der Waals surface area contributed by atoms with Gasteiger partial charge in [0.05, 0.1) is 11.8 Å². The molecular formula is C21H15BrN2O3. The van der Waals surface area contributed by atoms with Crippen LogP contribution in [-0.4, -0.2) is 18.1 Å². The number of nitrogens with one attached hydrogen (secondary N) is 1. The van der Waals surface area contributed by atoms with Gasteiger partial charge in [-0.25, -0.2) is 10.2 Å². The van der Waals surface area contributed by atoms with Crippen LogP contribution in [0.3, 0.4) is 0 Å². The van der Waals surface area contributed by atoms with Crippen molar-refractivity contribution in [2.75, 3.05) is 0 Å². The third-order valence-electron chi connectivity index (χ3n) is 3.59. The molecule has 27 heavy (non-hydrogen) atoms. The molecule has 0 aliphatic rings. The molecule has 3 rings (SSSR count). The largest absolute Gasteiger partial charge is 0.423 e. The summed E-state index contributed by atoms with van der Waals surface area (Å²) in [5.41, 5.74) is 4.22. The fourth-order valence-corrected chi connectivity index (χ4v) is 2.46. The summed E-state index contributed by atoms with van der Waals surface area (Å²) in [4.78, 5) is 24.0. The van der Waals surface area contributed by atoms with Crippen LogP contribution in [0.15, 0.2) is 88.4 Å². The summed E-state index contributed by atoms with van der Waals surface area (Å²) < 4.78 is 6.22. The number of rotatable bonds is 5. The molecule has 0 saturated carbocycles. The van der Waals surface area contributed by atoms with Crippen LogP contribution < -0.4 is 10.2 Å². The van der Waals surface area contributed by atoms with E-state index < -0.39 is 5.97 Å². The predicted octanol–water partition coefficient (Wildman–Crippen LogP) is 4.43. The van der Waals surface area contributed by atoms with Crippen molar-refractivity contribution in [2.45, 2.75) is 0 Å². The summed E-state index contributed by atoms with van der Waals surface area (Å²) in [6.45, 7) is 0. The molecule has 0 fully saturated rings. The summed E-state index contributed by atoms with van der Waals surface area (Å²) >= 11 is 3.32. The minimum atomic E-state index is -0.431. The van der Waals surface area contributed by atoms with Crippen LogP contribution in [0.2, 0.25) is 0 Å². The summed E-state index contributed by atoms with van der Waals surface area (Å²) in [5, 5.41) is 3.93. The Kier molecular flexibility index (Phi) is 6.12. The van der Waals surface area contributed by atoms with Crippen LogP contribution >= 0.6 is 15.9 Å². The topological polar surface area (TPSA) is 67.8 Å². The Morgan fingerprint density at radius 2 is 1.52 bits per heavy atom. The van der Waals surface area contributed by atoms with Gasteiger partial charge in [-0.3, -0.25) is 4.79 Å². The monoisotopic (exact) mass is 422 g/mol. The minimum Gasteiger partial charge on any atom is -0.423 e. The van der Waals surface area contributed by atoms with E-state index >= 15 is 0 Å². The van der Waals surface area contributed by atoms with Crippen LogP contribution in [0.25, 0.3) is 0 Å². The summed E-state index contributed by atoms with van der Waals surface area (Å²) in [6, 6.07) is 22.5. The standard InChI is InChI=1S/C21H15BrN2O3/c22-18-10-8-17(9-11-18)21(26)27-19-12-6-15(7-13-19)14-23-24-20(25)16-4-2-1-3-5-16/h1-14H,(H,24,25)/b23-14-. The highest BCUT2D eigenvalue weighted by Gasteiger charge is 2.08. The SMILES string of the molecule is O=C(N/N=C\c1ccc(OC(=O)c2ccc(Br)cc2)cc1)c1ccccc1. The number of nitrogens with zero attached hydrogens (tertiary/aromatic N) is 1. The third kappa shape index (κ3) is 5.36. The van der Waals surface area contributed by atoms with E-state index in [1.165, 1.54) is 6.21 Å². The third-order valence-corrected chi connectivity index (χ3v) is 4.11. The number of hydrazone groups is 1. The molecule has 1 N–H and O–H groups in total. The van der Waals surface area contributed by atoms with E-state index in [-0.39, 0.29) is 5.91 Å². The van der Waals surface area contributed by atoms with Gasteiger partial charge in [0, 0.05) is 10.0 Å². The smallest absolute Gasteiger partial charge is 0.343 e. The molecule has 0 atom stereocenters. The first kappa shape index (κ1) is 18.5. The molecular weight excluding hydrogens is 408 g/mol. The molecule has 0 aliphatic carbocycles. The molecule has 134 valence electrons. The molecule has 0 radical (unpaired) electrons. The van der Waals surface area contributed by atoms with Crippen LogP contribution in [0.5, 0.6) is 5.75 Å². The van der Waals surface area contributed by atoms with Gasteiger partial charge in [0.2, 0.25) is 0 Å². The Morgan fingerprint density at radius 3 is 2.19 bits per heavy atom. The molecule has 3 aromatic carbocycles. The van der Waals surface area contributed by atoms with Crippen LogP contribution in [0, 0.1) is 0 Å². The second kappa shape index (κ2) is 8.91. The number of halogens is 1. The first-order chi connectivity index (χ1) is 13.1. The van der Waals surface area contributed by atoms with Crippen molar-refractivity contribution in [3.05, 3.63) is 100 Å². The van der Waals surface area contributed by atoms with E-state index in [0.717, 1.165) is 10.0 Å². The molecule has 6 heteroatoms. The lowest BCUT2D eigenvalue weighted by Gasteiger charge is -2.05. The van der Waals surface area contributed by atoms with Gasteiger partial charge in [-0.15, -0.1) is 0 Å². The maximum absolute atomic E-state index is 12.1. The van der Waals surface area contributed by atoms with Crippen LogP contribution in [-0.2, 0) is 0 Å². The van der Waals surface area contributed by atoms with E-state index in [2.05, 4.69) is 26.5 Å². The summed E-state index contributed by atoms with van der Waals surface area (Å²) in [6.07, 6.45) is 1.52. The molecule has 3 aromatic rings. The minimum absolute atomic E-state index is 0.285.